The van der Waals surface area contributed by atoms with E-state index in [9.17, 15) is 18.4 Å². The Kier molecular flexibility index (Phi) is 8.52. The lowest BCUT2D eigenvalue weighted by molar-refractivity contribution is -0.118. The largest absolute Gasteiger partial charge is 0.379 e. The summed E-state index contributed by atoms with van der Waals surface area (Å²) in [5.74, 6) is -0.484. The lowest BCUT2D eigenvalue weighted by Gasteiger charge is -2.21. The van der Waals surface area contributed by atoms with Gasteiger partial charge in [-0.1, -0.05) is 37.3 Å². The predicted molar refractivity (Wildman–Crippen MR) is 136 cm³/mol. The quantitative estimate of drug-likeness (QED) is 0.312. The van der Waals surface area contributed by atoms with Gasteiger partial charge in [-0.15, -0.1) is 11.3 Å². The van der Waals surface area contributed by atoms with E-state index >= 15 is 0 Å². The average molecular weight is 537 g/mol. The molecule has 0 unspecified atom stereocenters. The number of aromatic nitrogens is 3. The fraction of sp³-hybridized carbons (Fsp3) is 0.417. The molecule has 1 saturated carbocycles. The molecule has 3 N–H and O–H groups in total. The third kappa shape index (κ3) is 6.79. The Morgan fingerprint density at radius 2 is 2.03 bits per heavy atom. The average Bonchev–Trinajstić information content (AvgIpc) is 3.61. The van der Waals surface area contributed by atoms with Crippen LogP contribution in [0.3, 0.4) is 0 Å². The van der Waals surface area contributed by atoms with Gasteiger partial charge in [0.2, 0.25) is 5.91 Å². The van der Waals surface area contributed by atoms with E-state index in [4.69, 9.17) is 11.6 Å². The zero-order valence-electron chi connectivity index (χ0n) is 19.6. The summed E-state index contributed by atoms with van der Waals surface area (Å²) in [6, 6.07) is 4.57. The number of carbonyl (C=O) groups is 2. The summed E-state index contributed by atoms with van der Waals surface area (Å²) in [4.78, 5) is 31.6. The van der Waals surface area contributed by atoms with Gasteiger partial charge in [0.25, 0.3) is 5.91 Å². The number of alkyl halides is 2. The first kappa shape index (κ1) is 26.0. The molecule has 0 spiro atoms. The summed E-state index contributed by atoms with van der Waals surface area (Å²) in [5.41, 5.74) is 1.78. The van der Waals surface area contributed by atoms with Gasteiger partial charge in [0.15, 0.2) is 0 Å². The van der Waals surface area contributed by atoms with Gasteiger partial charge in [-0.2, -0.15) is 13.9 Å². The predicted octanol–water partition coefficient (Wildman–Crippen LogP) is 5.63. The Hall–Kier alpha value is -3.05. The van der Waals surface area contributed by atoms with Crippen LogP contribution in [-0.2, 0) is 11.3 Å². The zero-order valence-corrected chi connectivity index (χ0v) is 21.2. The summed E-state index contributed by atoms with van der Waals surface area (Å²) in [6.45, 7) is -0.438. The number of amides is 2. The molecular formula is C24H27ClF2N6O2S. The maximum atomic E-state index is 13.0. The van der Waals surface area contributed by atoms with Crippen molar-refractivity contribution in [1.29, 1.82) is 0 Å². The molecule has 0 saturated heterocycles. The van der Waals surface area contributed by atoms with Crippen LogP contribution >= 0.6 is 22.9 Å². The molecule has 192 valence electrons. The van der Waals surface area contributed by atoms with E-state index < -0.39 is 18.5 Å². The van der Waals surface area contributed by atoms with Crippen LogP contribution in [0.2, 0.25) is 5.02 Å². The molecule has 0 bridgehead atoms. The SMILES string of the molecule is Cc1ncc(Cl)cc1NCc1ccc(C(=O)N[C@@H](CC2CCCC2)C(=O)Nc2cnn(C(F)F)c2)s1. The van der Waals surface area contributed by atoms with Crippen LogP contribution in [-0.4, -0.2) is 32.6 Å². The molecule has 1 aliphatic carbocycles. The fourth-order valence-electron chi connectivity index (χ4n) is 4.24. The van der Waals surface area contributed by atoms with E-state index in [0.29, 0.717) is 33.5 Å². The van der Waals surface area contributed by atoms with Gasteiger partial charge in [0.1, 0.15) is 6.04 Å². The molecule has 1 aliphatic rings. The number of carbonyl (C=O) groups excluding carboxylic acids is 2. The molecule has 0 aromatic carbocycles. The van der Waals surface area contributed by atoms with Crippen LogP contribution in [0.25, 0.3) is 0 Å². The number of nitrogens with one attached hydrogen (secondary N) is 3. The molecule has 1 fully saturated rings. The highest BCUT2D eigenvalue weighted by molar-refractivity contribution is 7.14. The summed E-state index contributed by atoms with van der Waals surface area (Å²) >= 11 is 7.34. The Labute approximate surface area is 216 Å². The van der Waals surface area contributed by atoms with Gasteiger partial charge in [0, 0.05) is 17.6 Å². The Morgan fingerprint density at radius 3 is 2.75 bits per heavy atom. The number of aryl methyl sites for hydroxylation is 1. The van der Waals surface area contributed by atoms with Crippen molar-refractivity contribution in [2.24, 2.45) is 5.92 Å². The van der Waals surface area contributed by atoms with E-state index in [1.807, 2.05) is 13.0 Å². The van der Waals surface area contributed by atoms with Gasteiger partial charge in [-0.25, -0.2) is 4.68 Å². The minimum atomic E-state index is -2.80. The number of nitrogens with zero attached hydrogens (tertiary/aromatic N) is 3. The van der Waals surface area contributed by atoms with E-state index in [0.717, 1.165) is 54.3 Å². The molecule has 36 heavy (non-hydrogen) atoms. The van der Waals surface area contributed by atoms with Crippen LogP contribution in [0.4, 0.5) is 20.2 Å². The maximum Gasteiger partial charge on any atom is 0.333 e. The second kappa shape index (κ2) is 11.8. The van der Waals surface area contributed by atoms with Gasteiger partial charge in [-0.05, 0) is 37.5 Å². The van der Waals surface area contributed by atoms with Crippen LogP contribution < -0.4 is 16.0 Å². The van der Waals surface area contributed by atoms with Crippen molar-refractivity contribution in [1.82, 2.24) is 20.1 Å². The normalized spacial score (nSPS) is 14.7. The Bertz CT molecular complexity index is 1210. The number of thiophene rings is 1. The van der Waals surface area contributed by atoms with E-state index in [-0.39, 0.29) is 11.6 Å². The summed E-state index contributed by atoms with van der Waals surface area (Å²) < 4.78 is 26.1. The van der Waals surface area contributed by atoms with Crippen molar-refractivity contribution in [3.63, 3.8) is 0 Å². The van der Waals surface area contributed by atoms with Crippen molar-refractivity contribution in [3.8, 4) is 0 Å². The monoisotopic (exact) mass is 536 g/mol. The number of pyridine rings is 1. The van der Waals surface area contributed by atoms with Crippen molar-refractivity contribution in [2.45, 2.75) is 58.2 Å². The van der Waals surface area contributed by atoms with Crippen molar-refractivity contribution in [2.75, 3.05) is 10.6 Å². The standard InChI is InChI=1S/C24H27ClF2N6O2S/c1-14-19(9-16(25)10-28-14)29-12-18-6-7-21(36-18)23(35)32-20(8-15-4-2-3-5-15)22(34)31-17-11-30-33(13-17)24(26)27/h6-7,9-11,13,15,20,24,29H,2-5,8,12H2,1H3,(H,31,34)(H,32,35)/t20-/m0/s1. The highest BCUT2D eigenvalue weighted by atomic mass is 35.5. The van der Waals surface area contributed by atoms with Gasteiger partial charge < -0.3 is 16.0 Å². The van der Waals surface area contributed by atoms with Crippen molar-refractivity contribution >= 4 is 46.1 Å². The topological polar surface area (TPSA) is 101 Å². The molecule has 8 nitrogen and oxygen atoms in total. The lowest BCUT2D eigenvalue weighted by Crippen LogP contribution is -2.44. The zero-order chi connectivity index (χ0) is 25.7. The molecule has 3 heterocycles. The molecule has 2 amide bonds. The van der Waals surface area contributed by atoms with Gasteiger partial charge >= 0.3 is 6.55 Å². The number of anilines is 2. The van der Waals surface area contributed by atoms with Gasteiger partial charge in [0.05, 0.1) is 39.4 Å². The van der Waals surface area contributed by atoms with Crippen molar-refractivity contribution < 1.29 is 18.4 Å². The molecule has 0 radical (unpaired) electrons. The molecule has 3 aromatic rings. The van der Waals surface area contributed by atoms with Crippen LogP contribution in [0, 0.1) is 12.8 Å². The van der Waals surface area contributed by atoms with Crippen LogP contribution in [0.15, 0.2) is 36.8 Å². The van der Waals surface area contributed by atoms with Crippen LogP contribution in [0.5, 0.6) is 0 Å². The highest BCUT2D eigenvalue weighted by Crippen LogP contribution is 2.29. The Morgan fingerprint density at radius 1 is 1.25 bits per heavy atom. The number of rotatable bonds is 10. The molecule has 12 heteroatoms. The molecule has 3 aromatic heterocycles. The summed E-state index contributed by atoms with van der Waals surface area (Å²) in [7, 11) is 0. The Balaban J connectivity index is 1.40. The summed E-state index contributed by atoms with van der Waals surface area (Å²) in [5, 5.41) is 12.8. The van der Waals surface area contributed by atoms with E-state index in [1.165, 1.54) is 11.3 Å². The number of halogens is 3. The molecule has 1 atom stereocenters. The second-order valence-corrected chi connectivity index (χ2v) is 10.4. The smallest absolute Gasteiger partial charge is 0.333 e. The minimum Gasteiger partial charge on any atom is -0.379 e. The minimum absolute atomic E-state index is 0.154. The number of hydrogen-bond acceptors (Lipinski definition) is 6. The third-order valence-corrected chi connectivity index (χ3v) is 7.42. The molecular weight excluding hydrogens is 510 g/mol. The van der Waals surface area contributed by atoms with Crippen LogP contribution in [0.1, 0.15) is 58.9 Å². The lowest BCUT2D eigenvalue weighted by atomic mass is 9.97. The van der Waals surface area contributed by atoms with E-state index in [1.54, 1.807) is 18.3 Å². The van der Waals surface area contributed by atoms with Gasteiger partial charge in [-0.3, -0.25) is 14.6 Å². The summed E-state index contributed by atoms with van der Waals surface area (Å²) in [6.07, 6.45) is 8.47. The fourth-order valence-corrected chi connectivity index (χ4v) is 5.25. The molecule has 4 rings (SSSR count). The highest BCUT2D eigenvalue weighted by Gasteiger charge is 2.28. The first-order valence-electron chi connectivity index (χ1n) is 11.7. The second-order valence-electron chi connectivity index (χ2n) is 8.79. The van der Waals surface area contributed by atoms with Crippen molar-refractivity contribution in [3.05, 3.63) is 57.3 Å². The first-order chi connectivity index (χ1) is 17.3. The molecule has 0 aliphatic heterocycles. The number of hydrogen-bond donors (Lipinski definition) is 3. The third-order valence-electron chi connectivity index (χ3n) is 6.13. The first-order valence-corrected chi connectivity index (χ1v) is 12.9. The maximum absolute atomic E-state index is 13.0. The van der Waals surface area contributed by atoms with E-state index in [2.05, 4.69) is 26.0 Å².